The van der Waals surface area contributed by atoms with Gasteiger partial charge in [-0.15, -0.1) is 0 Å². The Morgan fingerprint density at radius 3 is 2.48 bits per heavy atom. The van der Waals surface area contributed by atoms with E-state index >= 15 is 0 Å². The highest BCUT2D eigenvalue weighted by Gasteiger charge is 2.19. The minimum atomic E-state index is -0.540. The first kappa shape index (κ1) is 19.1. The number of ether oxygens (including phenoxy) is 1. The fraction of sp³-hybridized carbons (Fsp3) is 0.174. The third-order valence-electron chi connectivity index (χ3n) is 4.05. The summed E-state index contributed by atoms with van der Waals surface area (Å²) in [5, 5.41) is 3.03. The average molecular weight is 378 g/mol. The van der Waals surface area contributed by atoms with Gasteiger partial charge >= 0.3 is 0 Å². The summed E-state index contributed by atoms with van der Waals surface area (Å²) < 4.78 is 5.92. The van der Waals surface area contributed by atoms with Crippen LogP contribution in [0.15, 0.2) is 88.7 Å². The Morgan fingerprint density at radius 2 is 1.74 bits per heavy atom. The summed E-state index contributed by atoms with van der Waals surface area (Å²) in [4.78, 5) is 14.9. The fourth-order valence-corrected chi connectivity index (χ4v) is 3.59. The van der Waals surface area contributed by atoms with Gasteiger partial charge in [-0.25, -0.2) is 0 Å². The zero-order valence-corrected chi connectivity index (χ0v) is 16.3. The van der Waals surface area contributed by atoms with E-state index in [0.717, 1.165) is 21.0 Å². The van der Waals surface area contributed by atoms with Crippen molar-refractivity contribution < 1.29 is 9.53 Å². The quantitative estimate of drug-likeness (QED) is 0.553. The fourth-order valence-electron chi connectivity index (χ4n) is 2.66. The van der Waals surface area contributed by atoms with Crippen LogP contribution in [-0.4, -0.2) is 12.0 Å². The smallest absolute Gasteiger partial charge is 0.265 e. The number of carbonyl (C=O) groups is 1. The Hall–Kier alpha value is -2.72. The van der Waals surface area contributed by atoms with Crippen molar-refractivity contribution in [3.05, 3.63) is 84.4 Å². The second kappa shape index (κ2) is 9.28. The van der Waals surface area contributed by atoms with Gasteiger partial charge in [0.1, 0.15) is 5.75 Å². The van der Waals surface area contributed by atoms with Crippen LogP contribution in [0.3, 0.4) is 0 Å². The van der Waals surface area contributed by atoms with Crippen molar-refractivity contribution in [1.29, 1.82) is 0 Å². The lowest BCUT2D eigenvalue weighted by atomic mass is 10.2. The molecular weight excluding hydrogens is 354 g/mol. The summed E-state index contributed by atoms with van der Waals surface area (Å²) in [5.74, 6) is 0.573. The Balaban J connectivity index is 1.72. The molecule has 27 heavy (non-hydrogen) atoms. The van der Waals surface area contributed by atoms with E-state index in [1.807, 2.05) is 80.6 Å². The zero-order valence-electron chi connectivity index (χ0n) is 15.5. The van der Waals surface area contributed by atoms with Crippen molar-refractivity contribution in [3.63, 3.8) is 0 Å². The van der Waals surface area contributed by atoms with Gasteiger partial charge in [-0.3, -0.25) is 4.79 Å². The molecule has 0 bridgehead atoms. The summed E-state index contributed by atoms with van der Waals surface area (Å²) in [5.41, 5.74) is 1.90. The highest BCUT2D eigenvalue weighted by atomic mass is 32.2. The molecule has 1 atom stereocenters. The minimum absolute atomic E-state index is 0.139. The molecule has 3 aromatic carbocycles. The molecule has 4 heteroatoms. The molecule has 0 heterocycles. The molecule has 0 saturated carbocycles. The van der Waals surface area contributed by atoms with Gasteiger partial charge in [0.05, 0.1) is 5.69 Å². The SMILES string of the molecule is CC[C@@H](Oc1cccc(C)c1)C(=O)Nc1ccccc1Sc1ccccc1. The van der Waals surface area contributed by atoms with Crippen molar-refractivity contribution in [2.45, 2.75) is 36.2 Å². The molecule has 0 fully saturated rings. The van der Waals surface area contributed by atoms with Crippen LogP contribution >= 0.6 is 11.8 Å². The summed E-state index contributed by atoms with van der Waals surface area (Å²) >= 11 is 1.63. The van der Waals surface area contributed by atoms with Crippen molar-refractivity contribution in [1.82, 2.24) is 0 Å². The summed E-state index contributed by atoms with van der Waals surface area (Å²) in [7, 11) is 0. The lowest BCUT2D eigenvalue weighted by Crippen LogP contribution is -2.32. The largest absolute Gasteiger partial charge is 0.481 e. The Labute approximate surface area is 164 Å². The number of anilines is 1. The highest BCUT2D eigenvalue weighted by molar-refractivity contribution is 7.99. The van der Waals surface area contributed by atoms with Crippen LogP contribution in [0.4, 0.5) is 5.69 Å². The molecule has 1 N–H and O–H groups in total. The van der Waals surface area contributed by atoms with E-state index in [-0.39, 0.29) is 5.91 Å². The Morgan fingerprint density at radius 1 is 1.00 bits per heavy atom. The lowest BCUT2D eigenvalue weighted by Gasteiger charge is -2.18. The molecule has 0 aliphatic heterocycles. The zero-order chi connectivity index (χ0) is 19.1. The van der Waals surface area contributed by atoms with E-state index < -0.39 is 6.10 Å². The molecule has 138 valence electrons. The Bertz CT molecular complexity index is 896. The molecule has 0 aliphatic carbocycles. The number of hydrogen-bond acceptors (Lipinski definition) is 3. The maximum Gasteiger partial charge on any atom is 0.265 e. The van der Waals surface area contributed by atoms with Crippen LogP contribution in [0, 0.1) is 6.92 Å². The van der Waals surface area contributed by atoms with Gasteiger partial charge in [0, 0.05) is 9.79 Å². The molecule has 3 nitrogen and oxygen atoms in total. The van der Waals surface area contributed by atoms with Crippen LogP contribution in [-0.2, 0) is 4.79 Å². The maximum atomic E-state index is 12.8. The van der Waals surface area contributed by atoms with Crippen molar-refractivity contribution >= 4 is 23.4 Å². The third-order valence-corrected chi connectivity index (χ3v) is 5.13. The van der Waals surface area contributed by atoms with Crippen LogP contribution in [0.1, 0.15) is 18.9 Å². The number of aryl methyl sites for hydroxylation is 1. The molecule has 0 spiro atoms. The van der Waals surface area contributed by atoms with Crippen LogP contribution in [0.2, 0.25) is 0 Å². The summed E-state index contributed by atoms with van der Waals surface area (Å²) in [6, 6.07) is 25.7. The van der Waals surface area contributed by atoms with Gasteiger partial charge < -0.3 is 10.1 Å². The van der Waals surface area contributed by atoms with Crippen LogP contribution < -0.4 is 10.1 Å². The Kier molecular flexibility index (Phi) is 6.55. The lowest BCUT2D eigenvalue weighted by molar-refractivity contribution is -0.122. The van der Waals surface area contributed by atoms with E-state index in [1.54, 1.807) is 11.8 Å². The third kappa shape index (κ3) is 5.38. The second-order valence-electron chi connectivity index (χ2n) is 6.23. The predicted octanol–water partition coefficient (Wildman–Crippen LogP) is 5.94. The first-order valence-electron chi connectivity index (χ1n) is 9.02. The summed E-state index contributed by atoms with van der Waals surface area (Å²) in [6.45, 7) is 3.95. The van der Waals surface area contributed by atoms with E-state index in [9.17, 15) is 4.79 Å². The standard InChI is InChI=1S/C23H23NO2S/c1-3-21(26-18-11-9-10-17(2)16-18)23(25)24-20-14-7-8-15-22(20)27-19-12-5-4-6-13-19/h4-16,21H,3H2,1-2H3,(H,24,25)/t21-/m1/s1. The number of para-hydroxylation sites is 1. The van der Waals surface area contributed by atoms with E-state index in [2.05, 4.69) is 17.4 Å². The molecule has 1 amide bonds. The molecule has 3 aromatic rings. The van der Waals surface area contributed by atoms with Crippen molar-refractivity contribution in [2.75, 3.05) is 5.32 Å². The number of benzene rings is 3. The molecule has 0 radical (unpaired) electrons. The van der Waals surface area contributed by atoms with Gasteiger partial charge in [0.25, 0.3) is 5.91 Å². The van der Waals surface area contributed by atoms with Crippen molar-refractivity contribution in [3.8, 4) is 5.75 Å². The van der Waals surface area contributed by atoms with Gasteiger partial charge in [0.15, 0.2) is 6.10 Å². The normalized spacial score (nSPS) is 11.6. The number of amides is 1. The van der Waals surface area contributed by atoms with Gasteiger partial charge in [-0.2, -0.15) is 0 Å². The van der Waals surface area contributed by atoms with Crippen LogP contribution in [0.25, 0.3) is 0 Å². The average Bonchev–Trinajstić information content (AvgIpc) is 2.68. The molecule has 0 aromatic heterocycles. The number of hydrogen-bond donors (Lipinski definition) is 1. The van der Waals surface area contributed by atoms with Gasteiger partial charge in [-0.1, -0.05) is 61.2 Å². The molecule has 3 rings (SSSR count). The predicted molar refractivity (Wildman–Crippen MR) is 112 cm³/mol. The number of rotatable bonds is 7. The molecule has 0 aliphatic rings. The first-order chi connectivity index (χ1) is 13.2. The van der Waals surface area contributed by atoms with Gasteiger partial charge in [-0.05, 0) is 55.3 Å². The molecule has 0 unspecified atom stereocenters. The number of nitrogens with one attached hydrogen (secondary N) is 1. The first-order valence-corrected chi connectivity index (χ1v) is 9.83. The maximum absolute atomic E-state index is 12.8. The number of carbonyl (C=O) groups excluding carboxylic acids is 1. The van der Waals surface area contributed by atoms with Crippen molar-refractivity contribution in [2.24, 2.45) is 0 Å². The summed E-state index contributed by atoms with van der Waals surface area (Å²) in [6.07, 6.45) is 0.0508. The topological polar surface area (TPSA) is 38.3 Å². The van der Waals surface area contributed by atoms with E-state index in [0.29, 0.717) is 12.2 Å². The molecule has 0 saturated heterocycles. The van der Waals surface area contributed by atoms with Crippen LogP contribution in [0.5, 0.6) is 5.75 Å². The van der Waals surface area contributed by atoms with Gasteiger partial charge in [0.2, 0.25) is 0 Å². The van der Waals surface area contributed by atoms with E-state index in [4.69, 9.17) is 4.74 Å². The second-order valence-corrected chi connectivity index (χ2v) is 7.35. The van der Waals surface area contributed by atoms with E-state index in [1.165, 1.54) is 0 Å². The minimum Gasteiger partial charge on any atom is -0.481 e. The molecular formula is C23H23NO2S. The monoisotopic (exact) mass is 377 g/mol. The highest BCUT2D eigenvalue weighted by Crippen LogP contribution is 2.33.